The molecule has 0 aliphatic carbocycles. The van der Waals surface area contributed by atoms with Crippen LogP contribution in [-0.4, -0.2) is 7.05 Å². The molecule has 1 unspecified atom stereocenters. The monoisotopic (exact) mass is 163 g/mol. The Labute approximate surface area is 74.8 Å². The van der Waals surface area contributed by atoms with Gasteiger partial charge in [0.15, 0.2) is 0 Å². The Balaban J connectivity index is 2.92. The van der Waals surface area contributed by atoms with Crippen LogP contribution in [0.4, 0.5) is 0 Å². The summed E-state index contributed by atoms with van der Waals surface area (Å²) in [5, 5.41) is 3.31. The zero-order valence-electron chi connectivity index (χ0n) is 8.09. The smallest absolute Gasteiger partial charge is 0.0317 e. The van der Waals surface area contributed by atoms with Gasteiger partial charge in [-0.05, 0) is 31.5 Å². The van der Waals surface area contributed by atoms with E-state index in [1.807, 2.05) is 7.05 Å². The Morgan fingerprint density at radius 1 is 1.33 bits per heavy atom. The maximum absolute atomic E-state index is 3.31. The zero-order valence-corrected chi connectivity index (χ0v) is 8.09. The van der Waals surface area contributed by atoms with Gasteiger partial charge in [0.2, 0.25) is 0 Å². The van der Waals surface area contributed by atoms with Crippen molar-refractivity contribution in [1.82, 2.24) is 5.32 Å². The van der Waals surface area contributed by atoms with Crippen molar-refractivity contribution in [1.29, 1.82) is 0 Å². The third-order valence-electron chi connectivity index (χ3n) is 2.32. The Bertz CT molecular complexity index is 239. The van der Waals surface area contributed by atoms with Crippen molar-refractivity contribution in [2.24, 2.45) is 0 Å². The third kappa shape index (κ3) is 1.86. The van der Waals surface area contributed by atoms with Crippen molar-refractivity contribution in [2.75, 3.05) is 7.05 Å². The van der Waals surface area contributed by atoms with Gasteiger partial charge in [0.1, 0.15) is 0 Å². The van der Waals surface area contributed by atoms with E-state index in [2.05, 4.69) is 43.4 Å². The van der Waals surface area contributed by atoms with Crippen LogP contribution in [0.25, 0.3) is 0 Å². The molecule has 1 nitrogen and oxygen atoms in total. The quantitative estimate of drug-likeness (QED) is 0.722. The van der Waals surface area contributed by atoms with Gasteiger partial charge >= 0.3 is 0 Å². The average molecular weight is 163 g/mol. The molecule has 0 aliphatic rings. The molecule has 12 heavy (non-hydrogen) atoms. The third-order valence-corrected chi connectivity index (χ3v) is 2.32. The summed E-state index contributed by atoms with van der Waals surface area (Å²) in [7, 11) is 2.01. The lowest BCUT2D eigenvalue weighted by molar-refractivity contribution is 0.574. The maximum atomic E-state index is 3.31. The molecule has 0 saturated carbocycles. The van der Waals surface area contributed by atoms with Gasteiger partial charge in [0.25, 0.3) is 0 Å². The van der Waals surface area contributed by atoms with E-state index < -0.39 is 0 Å². The second kappa shape index (κ2) is 4.27. The predicted molar refractivity (Wildman–Crippen MR) is 53.3 cm³/mol. The summed E-state index contributed by atoms with van der Waals surface area (Å²) in [6.45, 7) is 4.36. The van der Waals surface area contributed by atoms with Crippen LogP contribution in [0.15, 0.2) is 24.3 Å². The lowest BCUT2D eigenvalue weighted by atomic mass is 10.00. The molecule has 1 atom stereocenters. The second-order valence-corrected chi connectivity index (χ2v) is 3.11. The largest absolute Gasteiger partial charge is 0.313 e. The number of hydrogen-bond donors (Lipinski definition) is 1. The topological polar surface area (TPSA) is 12.0 Å². The standard InChI is InChI=1S/C11H17N/c1-4-11(12-3)10-8-6-5-7-9(10)2/h5-8,11-12H,4H2,1-3H3. The molecule has 0 radical (unpaired) electrons. The highest BCUT2D eigenvalue weighted by Gasteiger charge is 2.07. The molecule has 0 bridgehead atoms. The van der Waals surface area contributed by atoms with Gasteiger partial charge < -0.3 is 5.32 Å². The van der Waals surface area contributed by atoms with Crippen LogP contribution in [0.2, 0.25) is 0 Å². The molecule has 1 rings (SSSR count). The minimum Gasteiger partial charge on any atom is -0.313 e. The Morgan fingerprint density at radius 3 is 2.50 bits per heavy atom. The summed E-state index contributed by atoms with van der Waals surface area (Å²) < 4.78 is 0. The lowest BCUT2D eigenvalue weighted by Crippen LogP contribution is -2.16. The van der Waals surface area contributed by atoms with Crippen LogP contribution in [0, 0.1) is 6.92 Å². The van der Waals surface area contributed by atoms with E-state index in [-0.39, 0.29) is 0 Å². The van der Waals surface area contributed by atoms with Crippen LogP contribution < -0.4 is 5.32 Å². The van der Waals surface area contributed by atoms with Gasteiger partial charge in [0, 0.05) is 6.04 Å². The van der Waals surface area contributed by atoms with Crippen molar-refractivity contribution in [2.45, 2.75) is 26.3 Å². The summed E-state index contributed by atoms with van der Waals surface area (Å²) in [4.78, 5) is 0. The molecular weight excluding hydrogens is 146 g/mol. The van der Waals surface area contributed by atoms with E-state index in [0.717, 1.165) is 6.42 Å². The number of hydrogen-bond acceptors (Lipinski definition) is 1. The number of benzene rings is 1. The number of aryl methyl sites for hydroxylation is 1. The minimum absolute atomic E-state index is 0.506. The summed E-state index contributed by atoms with van der Waals surface area (Å²) in [5.41, 5.74) is 2.79. The van der Waals surface area contributed by atoms with Crippen molar-refractivity contribution in [3.8, 4) is 0 Å². The van der Waals surface area contributed by atoms with Crippen LogP contribution in [0.1, 0.15) is 30.5 Å². The van der Waals surface area contributed by atoms with Crippen LogP contribution in [0.5, 0.6) is 0 Å². The first-order valence-electron chi connectivity index (χ1n) is 4.52. The van der Waals surface area contributed by atoms with Gasteiger partial charge in [-0.15, -0.1) is 0 Å². The fourth-order valence-corrected chi connectivity index (χ4v) is 1.56. The van der Waals surface area contributed by atoms with Crippen LogP contribution in [0.3, 0.4) is 0 Å². The predicted octanol–water partition coefficient (Wildman–Crippen LogP) is 2.67. The van der Waals surface area contributed by atoms with E-state index in [1.165, 1.54) is 11.1 Å². The molecule has 0 saturated heterocycles. The van der Waals surface area contributed by atoms with Crippen molar-refractivity contribution in [3.63, 3.8) is 0 Å². The first-order valence-corrected chi connectivity index (χ1v) is 4.52. The molecule has 1 aromatic rings. The molecule has 0 amide bonds. The number of nitrogens with one attached hydrogen (secondary N) is 1. The normalized spacial score (nSPS) is 12.9. The van der Waals surface area contributed by atoms with Crippen molar-refractivity contribution in [3.05, 3.63) is 35.4 Å². The molecule has 0 aliphatic heterocycles. The summed E-state index contributed by atoms with van der Waals surface area (Å²) in [6, 6.07) is 9.05. The van der Waals surface area contributed by atoms with E-state index in [0.29, 0.717) is 6.04 Å². The molecule has 0 fully saturated rings. The summed E-state index contributed by atoms with van der Waals surface area (Å²) in [5.74, 6) is 0. The SMILES string of the molecule is CCC(NC)c1ccccc1C. The van der Waals surface area contributed by atoms with Crippen molar-refractivity contribution < 1.29 is 0 Å². The molecule has 1 N–H and O–H groups in total. The Hall–Kier alpha value is -0.820. The first-order chi connectivity index (χ1) is 5.79. The fraction of sp³-hybridized carbons (Fsp3) is 0.455. The molecular formula is C11H17N. The Kier molecular flexibility index (Phi) is 3.30. The summed E-state index contributed by atoms with van der Waals surface area (Å²) >= 11 is 0. The van der Waals surface area contributed by atoms with Crippen molar-refractivity contribution >= 4 is 0 Å². The molecule has 0 aromatic heterocycles. The summed E-state index contributed by atoms with van der Waals surface area (Å²) in [6.07, 6.45) is 1.14. The highest BCUT2D eigenvalue weighted by molar-refractivity contribution is 5.28. The van der Waals surface area contributed by atoms with E-state index in [9.17, 15) is 0 Å². The lowest BCUT2D eigenvalue weighted by Gasteiger charge is -2.16. The molecule has 0 spiro atoms. The van der Waals surface area contributed by atoms with Gasteiger partial charge in [-0.1, -0.05) is 31.2 Å². The van der Waals surface area contributed by atoms with E-state index >= 15 is 0 Å². The van der Waals surface area contributed by atoms with Gasteiger partial charge in [-0.3, -0.25) is 0 Å². The average Bonchev–Trinajstić information content (AvgIpc) is 2.10. The first kappa shape index (κ1) is 9.27. The van der Waals surface area contributed by atoms with Crippen LogP contribution in [-0.2, 0) is 0 Å². The van der Waals surface area contributed by atoms with Gasteiger partial charge in [-0.25, -0.2) is 0 Å². The molecule has 1 aromatic carbocycles. The molecule has 0 heterocycles. The van der Waals surface area contributed by atoms with E-state index in [4.69, 9.17) is 0 Å². The molecule has 1 heteroatoms. The minimum atomic E-state index is 0.506. The zero-order chi connectivity index (χ0) is 8.97. The highest BCUT2D eigenvalue weighted by Crippen LogP contribution is 2.19. The van der Waals surface area contributed by atoms with Gasteiger partial charge in [-0.2, -0.15) is 0 Å². The molecule has 66 valence electrons. The highest BCUT2D eigenvalue weighted by atomic mass is 14.9. The maximum Gasteiger partial charge on any atom is 0.0317 e. The Morgan fingerprint density at radius 2 is 2.00 bits per heavy atom. The second-order valence-electron chi connectivity index (χ2n) is 3.11. The van der Waals surface area contributed by atoms with Crippen LogP contribution >= 0.6 is 0 Å². The number of rotatable bonds is 3. The van der Waals surface area contributed by atoms with E-state index in [1.54, 1.807) is 0 Å². The van der Waals surface area contributed by atoms with Gasteiger partial charge in [0.05, 0.1) is 0 Å². The fourth-order valence-electron chi connectivity index (χ4n) is 1.56.